The summed E-state index contributed by atoms with van der Waals surface area (Å²) in [4.78, 5) is 0. The largest absolute Gasteiger partial charge is 0.324 e. The van der Waals surface area contributed by atoms with Crippen LogP contribution in [-0.2, 0) is 0 Å². The van der Waals surface area contributed by atoms with E-state index < -0.39 is 0 Å². The van der Waals surface area contributed by atoms with Gasteiger partial charge in [-0.1, -0.05) is 25.0 Å². The second-order valence-electron chi connectivity index (χ2n) is 2.61. The Labute approximate surface area is 64.3 Å². The Kier molecular flexibility index (Phi) is 4.37. The average Bonchev–Trinajstić information content (AvgIpc) is 2.25. The predicted molar refractivity (Wildman–Crippen MR) is 46.9 cm³/mol. The van der Waals surface area contributed by atoms with Crippen LogP contribution < -0.4 is 5.73 Å². The third kappa shape index (κ3) is 2.14. The van der Waals surface area contributed by atoms with Crippen LogP contribution in [0.1, 0.15) is 40.5 Å². The van der Waals surface area contributed by atoms with Crippen LogP contribution in [0.15, 0.2) is 11.1 Å². The molecule has 1 atom stereocenters. The molecule has 0 aromatic rings. The van der Waals surface area contributed by atoms with E-state index in [0.29, 0.717) is 6.04 Å². The number of rotatable bonds is 0. The van der Waals surface area contributed by atoms with Gasteiger partial charge in [0.1, 0.15) is 0 Å². The van der Waals surface area contributed by atoms with Crippen LogP contribution >= 0.6 is 0 Å². The fourth-order valence-electron chi connectivity index (χ4n) is 1.10. The molecule has 0 amide bonds. The van der Waals surface area contributed by atoms with Gasteiger partial charge in [-0.2, -0.15) is 0 Å². The third-order valence-corrected chi connectivity index (χ3v) is 2.06. The Balaban J connectivity index is 0.000000371. The topological polar surface area (TPSA) is 26.0 Å². The molecule has 1 aliphatic carbocycles. The first-order chi connectivity index (χ1) is 4.72. The van der Waals surface area contributed by atoms with E-state index in [1.54, 1.807) is 0 Å². The number of allylic oxidation sites excluding steroid dienone is 1. The first-order valence-electron chi connectivity index (χ1n) is 4.13. The lowest BCUT2D eigenvalue weighted by Gasteiger charge is -2.00. The van der Waals surface area contributed by atoms with E-state index in [0.717, 1.165) is 6.42 Å². The first kappa shape index (κ1) is 9.70. The molecule has 10 heavy (non-hydrogen) atoms. The monoisotopic (exact) mass is 141 g/mol. The van der Waals surface area contributed by atoms with Crippen molar-refractivity contribution in [3.05, 3.63) is 11.1 Å². The highest BCUT2D eigenvalue weighted by molar-refractivity contribution is 5.21. The fraction of sp³-hybridized carbons (Fsp3) is 0.778. The molecule has 1 rings (SSSR count). The SMILES string of the molecule is CC.CC1=C(C)C(N)CC1. The molecule has 0 saturated heterocycles. The van der Waals surface area contributed by atoms with E-state index in [1.165, 1.54) is 17.6 Å². The smallest absolute Gasteiger partial charge is 0.0256 e. The lowest BCUT2D eigenvalue weighted by atomic mass is 10.2. The maximum absolute atomic E-state index is 5.71. The molecule has 0 saturated carbocycles. The zero-order valence-corrected chi connectivity index (χ0v) is 7.57. The molecular formula is C9H19N. The van der Waals surface area contributed by atoms with E-state index in [2.05, 4.69) is 13.8 Å². The summed E-state index contributed by atoms with van der Waals surface area (Å²) in [6.45, 7) is 8.30. The van der Waals surface area contributed by atoms with Crippen LogP contribution in [0.4, 0.5) is 0 Å². The Hall–Kier alpha value is -0.300. The molecule has 1 aliphatic rings. The molecule has 0 spiro atoms. The molecule has 1 heteroatoms. The molecule has 0 heterocycles. The van der Waals surface area contributed by atoms with Gasteiger partial charge in [0, 0.05) is 6.04 Å². The van der Waals surface area contributed by atoms with Crippen molar-refractivity contribution in [1.29, 1.82) is 0 Å². The molecule has 60 valence electrons. The minimum absolute atomic E-state index is 0.370. The van der Waals surface area contributed by atoms with Crippen molar-refractivity contribution in [2.24, 2.45) is 5.73 Å². The molecule has 0 bridgehead atoms. The molecule has 0 aromatic carbocycles. The molecule has 2 N–H and O–H groups in total. The van der Waals surface area contributed by atoms with Crippen LogP contribution in [0.25, 0.3) is 0 Å². The van der Waals surface area contributed by atoms with Gasteiger partial charge in [0.25, 0.3) is 0 Å². The molecule has 0 aliphatic heterocycles. The van der Waals surface area contributed by atoms with Gasteiger partial charge in [0.15, 0.2) is 0 Å². The van der Waals surface area contributed by atoms with E-state index in [-0.39, 0.29) is 0 Å². The Morgan fingerprint density at radius 2 is 1.80 bits per heavy atom. The fourth-order valence-corrected chi connectivity index (χ4v) is 1.10. The summed E-state index contributed by atoms with van der Waals surface area (Å²) in [5, 5.41) is 0. The summed E-state index contributed by atoms with van der Waals surface area (Å²) in [7, 11) is 0. The summed E-state index contributed by atoms with van der Waals surface area (Å²) in [5.74, 6) is 0. The van der Waals surface area contributed by atoms with Gasteiger partial charge in [0.05, 0.1) is 0 Å². The first-order valence-corrected chi connectivity index (χ1v) is 4.13. The minimum Gasteiger partial charge on any atom is -0.324 e. The van der Waals surface area contributed by atoms with Gasteiger partial charge in [-0.15, -0.1) is 0 Å². The Morgan fingerprint density at radius 1 is 1.30 bits per heavy atom. The van der Waals surface area contributed by atoms with Crippen molar-refractivity contribution in [2.45, 2.75) is 46.6 Å². The molecule has 0 aromatic heterocycles. The van der Waals surface area contributed by atoms with Gasteiger partial charge in [-0.25, -0.2) is 0 Å². The third-order valence-electron chi connectivity index (χ3n) is 2.06. The van der Waals surface area contributed by atoms with Gasteiger partial charge in [-0.05, 0) is 26.7 Å². The normalized spacial score (nSPS) is 24.3. The standard InChI is InChI=1S/C7H13N.C2H6/c1-5-3-4-7(8)6(5)2;1-2/h7H,3-4,8H2,1-2H3;1-2H3. The Morgan fingerprint density at radius 3 is 1.90 bits per heavy atom. The second-order valence-corrected chi connectivity index (χ2v) is 2.61. The van der Waals surface area contributed by atoms with E-state index in [4.69, 9.17) is 5.73 Å². The molecule has 1 nitrogen and oxygen atoms in total. The number of hydrogen-bond acceptors (Lipinski definition) is 1. The lowest BCUT2D eigenvalue weighted by Crippen LogP contribution is -2.16. The summed E-state index contributed by atoms with van der Waals surface area (Å²) in [6.07, 6.45) is 2.38. The van der Waals surface area contributed by atoms with Crippen LogP contribution in [-0.4, -0.2) is 6.04 Å². The van der Waals surface area contributed by atoms with Crippen molar-refractivity contribution in [3.8, 4) is 0 Å². The van der Waals surface area contributed by atoms with Gasteiger partial charge in [-0.3, -0.25) is 0 Å². The van der Waals surface area contributed by atoms with Crippen molar-refractivity contribution in [2.75, 3.05) is 0 Å². The average molecular weight is 141 g/mol. The number of hydrogen-bond donors (Lipinski definition) is 1. The summed E-state index contributed by atoms with van der Waals surface area (Å²) >= 11 is 0. The maximum Gasteiger partial charge on any atom is 0.0256 e. The van der Waals surface area contributed by atoms with Gasteiger partial charge in [0.2, 0.25) is 0 Å². The summed E-state index contributed by atoms with van der Waals surface area (Å²) in [6, 6.07) is 0.370. The predicted octanol–water partition coefficient (Wildman–Crippen LogP) is 2.47. The number of nitrogens with two attached hydrogens (primary N) is 1. The van der Waals surface area contributed by atoms with Crippen LogP contribution in [0, 0.1) is 0 Å². The van der Waals surface area contributed by atoms with Gasteiger partial charge >= 0.3 is 0 Å². The van der Waals surface area contributed by atoms with E-state index in [9.17, 15) is 0 Å². The molecule has 1 unspecified atom stereocenters. The molecule has 0 radical (unpaired) electrons. The van der Waals surface area contributed by atoms with Crippen LogP contribution in [0.2, 0.25) is 0 Å². The molecule has 0 fully saturated rings. The quantitative estimate of drug-likeness (QED) is 0.515. The van der Waals surface area contributed by atoms with Crippen molar-refractivity contribution >= 4 is 0 Å². The van der Waals surface area contributed by atoms with E-state index in [1.807, 2.05) is 13.8 Å². The lowest BCUT2D eigenvalue weighted by molar-refractivity contribution is 0.749. The Bertz CT molecular complexity index is 125. The van der Waals surface area contributed by atoms with Crippen LogP contribution in [0.5, 0.6) is 0 Å². The second kappa shape index (κ2) is 4.51. The van der Waals surface area contributed by atoms with Crippen LogP contribution in [0.3, 0.4) is 0 Å². The highest BCUT2D eigenvalue weighted by Gasteiger charge is 2.14. The zero-order chi connectivity index (χ0) is 8.15. The summed E-state index contributed by atoms with van der Waals surface area (Å²) in [5.41, 5.74) is 8.62. The highest BCUT2D eigenvalue weighted by atomic mass is 14.6. The maximum atomic E-state index is 5.71. The van der Waals surface area contributed by atoms with Crippen molar-refractivity contribution < 1.29 is 0 Å². The highest BCUT2D eigenvalue weighted by Crippen LogP contribution is 2.23. The van der Waals surface area contributed by atoms with E-state index >= 15 is 0 Å². The zero-order valence-electron chi connectivity index (χ0n) is 7.57. The van der Waals surface area contributed by atoms with Crippen molar-refractivity contribution in [3.63, 3.8) is 0 Å². The van der Waals surface area contributed by atoms with Gasteiger partial charge < -0.3 is 5.73 Å². The minimum atomic E-state index is 0.370. The summed E-state index contributed by atoms with van der Waals surface area (Å²) < 4.78 is 0. The molecular weight excluding hydrogens is 122 g/mol. The van der Waals surface area contributed by atoms with Crippen molar-refractivity contribution in [1.82, 2.24) is 0 Å².